The third-order valence-electron chi connectivity index (χ3n) is 4.12. The molecule has 13 heteroatoms. The second kappa shape index (κ2) is 9.96. The van der Waals surface area contributed by atoms with Crippen LogP contribution in [0.15, 0.2) is 29.3 Å². The molecule has 2 aromatic carbocycles. The summed E-state index contributed by atoms with van der Waals surface area (Å²) in [6.45, 7) is 3.49. The topological polar surface area (TPSA) is 180 Å². The van der Waals surface area contributed by atoms with Crippen LogP contribution in [0.2, 0.25) is 0 Å². The van der Waals surface area contributed by atoms with Crippen molar-refractivity contribution in [1.82, 2.24) is 0 Å². The van der Waals surface area contributed by atoms with Gasteiger partial charge in [-0.1, -0.05) is 0 Å². The van der Waals surface area contributed by atoms with Gasteiger partial charge in [0.2, 0.25) is 0 Å². The maximum atomic E-state index is 10.4. The van der Waals surface area contributed by atoms with Gasteiger partial charge in [-0.3, -0.25) is 35.3 Å². The number of nitro groups is 3. The average molecular weight is 434 g/mol. The average Bonchev–Trinajstić information content (AvgIpc) is 2.73. The lowest BCUT2D eigenvalue weighted by Crippen LogP contribution is -2.05. The van der Waals surface area contributed by atoms with Crippen molar-refractivity contribution in [2.24, 2.45) is 4.99 Å². The number of benzene rings is 2. The van der Waals surface area contributed by atoms with Crippen LogP contribution in [0.5, 0.6) is 17.2 Å². The third kappa shape index (κ3) is 5.41. The smallest absolute Gasteiger partial charge is 0.324 e. The minimum atomic E-state index is -1.21. The number of nitrogens with zero attached hydrogens (tertiary/aromatic N) is 4. The van der Waals surface area contributed by atoms with E-state index in [9.17, 15) is 30.3 Å². The highest BCUT2D eigenvalue weighted by Gasteiger charge is 2.30. The molecule has 0 bridgehead atoms. The molecule has 0 spiro atoms. The Bertz CT molecular complexity index is 1020. The van der Waals surface area contributed by atoms with E-state index in [1.165, 1.54) is 5.56 Å². The molecule has 0 aliphatic carbocycles. The summed E-state index contributed by atoms with van der Waals surface area (Å²) in [6.07, 6.45) is 2.88. The molecule has 0 atom stereocenters. The first-order valence-corrected chi connectivity index (χ1v) is 8.83. The van der Waals surface area contributed by atoms with Crippen LogP contribution in [0.4, 0.5) is 17.1 Å². The van der Waals surface area contributed by atoms with Gasteiger partial charge in [0.15, 0.2) is 11.5 Å². The minimum Gasteiger partial charge on any atom is -0.497 e. The van der Waals surface area contributed by atoms with E-state index in [4.69, 9.17) is 14.6 Å². The highest BCUT2D eigenvalue weighted by atomic mass is 16.6. The zero-order valence-corrected chi connectivity index (χ0v) is 16.5. The number of aliphatic imine (C=N–C) groups is 1. The number of phenols is 1. The fourth-order valence-corrected chi connectivity index (χ4v) is 2.70. The fraction of sp³-hybridized carbons (Fsp3) is 0.278. The summed E-state index contributed by atoms with van der Waals surface area (Å²) in [6, 6.07) is 4.94. The molecule has 0 fully saturated rings. The number of methoxy groups -OCH3 is 1. The molecule has 13 nitrogen and oxygen atoms in total. The molecule has 0 aromatic heterocycles. The molecule has 164 valence electrons. The molecule has 1 heterocycles. The minimum absolute atomic E-state index is 0.447. The zero-order valence-electron chi connectivity index (χ0n) is 16.5. The second-order valence-corrected chi connectivity index (χ2v) is 6.02. The lowest BCUT2D eigenvalue weighted by Gasteiger charge is -2.15. The van der Waals surface area contributed by atoms with Crippen molar-refractivity contribution >= 4 is 23.3 Å². The summed E-state index contributed by atoms with van der Waals surface area (Å²) in [5.41, 5.74) is -0.575. The van der Waals surface area contributed by atoms with Crippen molar-refractivity contribution in [3.8, 4) is 17.2 Å². The summed E-state index contributed by atoms with van der Waals surface area (Å²) in [4.78, 5) is 32.0. The largest absolute Gasteiger partial charge is 0.497 e. The number of ether oxygens (including phenoxy) is 2. The monoisotopic (exact) mass is 434 g/mol. The molecule has 0 saturated heterocycles. The predicted molar refractivity (Wildman–Crippen MR) is 108 cm³/mol. The maximum absolute atomic E-state index is 10.4. The third-order valence-corrected chi connectivity index (χ3v) is 4.12. The Morgan fingerprint density at radius 2 is 1.61 bits per heavy atom. The molecule has 31 heavy (non-hydrogen) atoms. The van der Waals surface area contributed by atoms with Gasteiger partial charge in [0.1, 0.15) is 0 Å². The van der Waals surface area contributed by atoms with Gasteiger partial charge in [-0.05, 0) is 36.6 Å². The van der Waals surface area contributed by atoms with Gasteiger partial charge in [-0.2, -0.15) is 0 Å². The molecule has 2 aromatic rings. The summed E-state index contributed by atoms with van der Waals surface area (Å²) in [5.74, 6) is 0.401. The maximum Gasteiger partial charge on any atom is 0.324 e. The van der Waals surface area contributed by atoms with Crippen molar-refractivity contribution < 1.29 is 29.4 Å². The van der Waals surface area contributed by atoms with Crippen molar-refractivity contribution in [2.45, 2.75) is 13.3 Å². The van der Waals surface area contributed by atoms with Gasteiger partial charge in [0, 0.05) is 12.8 Å². The molecule has 0 unspecified atom stereocenters. The Morgan fingerprint density at radius 1 is 1.00 bits per heavy atom. The molecule has 0 saturated carbocycles. The molecule has 1 N–H and O–H groups in total. The lowest BCUT2D eigenvalue weighted by atomic mass is 10.0. The molecule has 0 amide bonds. The normalized spacial score (nSPS) is 11.5. The summed E-state index contributed by atoms with van der Waals surface area (Å²) in [7, 11) is 1.66. The molecule has 1 aliphatic rings. The van der Waals surface area contributed by atoms with Crippen LogP contribution in [0.3, 0.4) is 0 Å². The SMILES string of the molecule is CCOc1cc2c(cc1OC)C=NCC2.O=[N+]([O-])c1cc([N+](=O)[O-])c(O)c([N+](=O)[O-])c1. The van der Waals surface area contributed by atoms with Crippen LogP contribution >= 0.6 is 0 Å². The standard InChI is InChI=1S/C12H15NO2.C6H3N3O7/c1-3-15-12-6-9-4-5-13-8-10(9)7-11(12)14-2;10-6-4(8(13)14)1-3(7(11)12)2-5(6)9(15)16/h6-8H,3-5H2,1-2H3;1-2,10H. The zero-order chi connectivity index (χ0) is 23.1. The van der Waals surface area contributed by atoms with E-state index in [1.807, 2.05) is 19.2 Å². The second-order valence-electron chi connectivity index (χ2n) is 6.02. The van der Waals surface area contributed by atoms with Crippen molar-refractivity contribution in [1.29, 1.82) is 0 Å². The van der Waals surface area contributed by atoms with Crippen LogP contribution < -0.4 is 9.47 Å². The van der Waals surface area contributed by atoms with Gasteiger partial charge < -0.3 is 14.6 Å². The highest BCUT2D eigenvalue weighted by molar-refractivity contribution is 5.84. The predicted octanol–water partition coefficient (Wildman–Crippen LogP) is 3.19. The first-order chi connectivity index (χ1) is 14.7. The summed E-state index contributed by atoms with van der Waals surface area (Å²) < 4.78 is 10.8. The van der Waals surface area contributed by atoms with E-state index >= 15 is 0 Å². The first-order valence-electron chi connectivity index (χ1n) is 8.83. The van der Waals surface area contributed by atoms with Crippen molar-refractivity contribution in [2.75, 3.05) is 20.3 Å². The van der Waals surface area contributed by atoms with Crippen LogP contribution in [0.25, 0.3) is 0 Å². The Labute approximate surface area is 175 Å². The summed E-state index contributed by atoms with van der Waals surface area (Å²) in [5, 5.41) is 40.2. The number of fused-ring (bicyclic) bond motifs is 1. The number of non-ortho nitro benzene ring substituents is 1. The van der Waals surface area contributed by atoms with E-state index < -0.39 is 37.6 Å². The number of aromatic hydroxyl groups is 1. The van der Waals surface area contributed by atoms with Crippen LogP contribution in [0, 0.1) is 30.3 Å². The van der Waals surface area contributed by atoms with Crippen molar-refractivity contribution in [3.63, 3.8) is 0 Å². The quantitative estimate of drug-likeness (QED) is 0.527. The van der Waals surface area contributed by atoms with E-state index in [2.05, 4.69) is 11.1 Å². The van der Waals surface area contributed by atoms with E-state index in [0.717, 1.165) is 30.0 Å². The van der Waals surface area contributed by atoms with Crippen molar-refractivity contribution in [3.05, 3.63) is 65.7 Å². The van der Waals surface area contributed by atoms with Crippen LogP contribution in [-0.4, -0.2) is 46.4 Å². The molecule has 0 radical (unpaired) electrons. The number of hydrogen-bond donors (Lipinski definition) is 1. The number of hydrogen-bond acceptors (Lipinski definition) is 10. The van der Waals surface area contributed by atoms with Gasteiger partial charge in [-0.15, -0.1) is 0 Å². The van der Waals surface area contributed by atoms with Gasteiger partial charge >= 0.3 is 11.4 Å². The Balaban J connectivity index is 0.000000220. The van der Waals surface area contributed by atoms with E-state index in [-0.39, 0.29) is 0 Å². The fourth-order valence-electron chi connectivity index (χ4n) is 2.70. The lowest BCUT2D eigenvalue weighted by molar-refractivity contribution is -0.404. The highest BCUT2D eigenvalue weighted by Crippen LogP contribution is 2.39. The Hall–Kier alpha value is -4.29. The number of phenolic OH excluding ortho intramolecular Hbond substituents is 1. The number of rotatable bonds is 6. The Morgan fingerprint density at radius 3 is 2.10 bits per heavy atom. The van der Waals surface area contributed by atoms with Crippen LogP contribution in [-0.2, 0) is 6.42 Å². The van der Waals surface area contributed by atoms with Gasteiger partial charge in [0.25, 0.3) is 11.4 Å². The Kier molecular flexibility index (Phi) is 7.38. The first kappa shape index (κ1) is 23.0. The van der Waals surface area contributed by atoms with E-state index in [0.29, 0.717) is 18.7 Å². The summed E-state index contributed by atoms with van der Waals surface area (Å²) >= 11 is 0. The number of nitro benzene ring substituents is 3. The van der Waals surface area contributed by atoms with E-state index in [1.54, 1.807) is 7.11 Å². The van der Waals surface area contributed by atoms with Gasteiger partial charge in [-0.25, -0.2) is 0 Å². The molecule has 3 rings (SSSR count). The molecule has 1 aliphatic heterocycles. The van der Waals surface area contributed by atoms with Crippen LogP contribution in [0.1, 0.15) is 18.1 Å². The molecular formula is C18H18N4O9. The van der Waals surface area contributed by atoms with Gasteiger partial charge in [0.05, 0.1) is 40.6 Å². The molecular weight excluding hydrogens is 416 g/mol.